The first-order valence-corrected chi connectivity index (χ1v) is 4.89. The summed E-state index contributed by atoms with van der Waals surface area (Å²) in [6.45, 7) is 0. The van der Waals surface area contributed by atoms with Crippen LogP contribution in [-0.2, 0) is 0 Å². The highest BCUT2D eigenvalue weighted by Gasteiger charge is 2.11. The normalized spacial score (nSPS) is 9.89. The van der Waals surface area contributed by atoms with Crippen molar-refractivity contribution in [3.05, 3.63) is 53.5 Å². The first-order valence-electron chi connectivity index (χ1n) is 4.89. The largest absolute Gasteiger partial charge is 0.338 e. The zero-order valence-electron chi connectivity index (χ0n) is 8.92. The Morgan fingerprint density at radius 3 is 2.67 bits per heavy atom. The number of halogens is 3. The van der Waals surface area contributed by atoms with E-state index in [4.69, 9.17) is 5.26 Å². The van der Waals surface area contributed by atoms with Crippen LogP contribution in [0.1, 0.15) is 5.69 Å². The van der Waals surface area contributed by atoms with Crippen LogP contribution < -0.4 is 5.32 Å². The zero-order valence-corrected chi connectivity index (χ0v) is 8.92. The van der Waals surface area contributed by atoms with Crippen LogP contribution in [0.2, 0.25) is 0 Å². The van der Waals surface area contributed by atoms with Crippen molar-refractivity contribution in [2.75, 3.05) is 5.32 Å². The van der Waals surface area contributed by atoms with Gasteiger partial charge >= 0.3 is 0 Å². The van der Waals surface area contributed by atoms with E-state index >= 15 is 0 Å². The van der Waals surface area contributed by atoms with Crippen LogP contribution in [-0.4, -0.2) is 4.98 Å². The van der Waals surface area contributed by atoms with Gasteiger partial charge in [0.15, 0.2) is 11.6 Å². The van der Waals surface area contributed by atoms with Crippen molar-refractivity contribution in [3.8, 4) is 6.07 Å². The summed E-state index contributed by atoms with van der Waals surface area (Å²) < 4.78 is 39.3. The number of anilines is 2. The minimum absolute atomic E-state index is 0.109. The lowest BCUT2D eigenvalue weighted by Crippen LogP contribution is -2.00. The molecule has 1 N–H and O–H groups in total. The van der Waals surface area contributed by atoms with Crippen molar-refractivity contribution in [1.82, 2.24) is 4.98 Å². The van der Waals surface area contributed by atoms with Crippen molar-refractivity contribution >= 4 is 11.5 Å². The Balaban J connectivity index is 2.37. The summed E-state index contributed by atoms with van der Waals surface area (Å²) in [5.74, 6) is -3.29. The van der Waals surface area contributed by atoms with E-state index in [1.807, 2.05) is 0 Å². The van der Waals surface area contributed by atoms with Crippen LogP contribution in [0.3, 0.4) is 0 Å². The molecule has 0 aliphatic rings. The molecule has 0 saturated heterocycles. The van der Waals surface area contributed by atoms with Crippen molar-refractivity contribution in [2.24, 2.45) is 0 Å². The maximum atomic E-state index is 13.4. The number of nitrogens with zero attached hydrogens (tertiary/aromatic N) is 2. The van der Waals surface area contributed by atoms with E-state index < -0.39 is 17.5 Å². The standard InChI is InChI=1S/C12H6F3N3/c13-7-4-9(14)12(15)10(5-7)18-11-3-1-2-8(6-16)17-11/h1-5H,(H,17,18). The fourth-order valence-electron chi connectivity index (χ4n) is 1.35. The van der Waals surface area contributed by atoms with Crippen LogP contribution in [0, 0.1) is 28.8 Å². The van der Waals surface area contributed by atoms with Crippen LogP contribution in [0.4, 0.5) is 24.7 Å². The van der Waals surface area contributed by atoms with Gasteiger partial charge in [-0.05, 0) is 12.1 Å². The highest BCUT2D eigenvalue weighted by molar-refractivity contribution is 5.57. The number of nitrogens with one attached hydrogen (secondary N) is 1. The van der Waals surface area contributed by atoms with Gasteiger partial charge in [0, 0.05) is 12.1 Å². The van der Waals surface area contributed by atoms with E-state index in [1.165, 1.54) is 18.2 Å². The first-order chi connectivity index (χ1) is 8.60. The Morgan fingerprint density at radius 2 is 1.94 bits per heavy atom. The number of benzene rings is 1. The second-order valence-corrected chi connectivity index (χ2v) is 3.39. The highest BCUT2D eigenvalue weighted by atomic mass is 19.2. The van der Waals surface area contributed by atoms with Gasteiger partial charge < -0.3 is 5.32 Å². The monoisotopic (exact) mass is 249 g/mol. The fourth-order valence-corrected chi connectivity index (χ4v) is 1.35. The summed E-state index contributed by atoms with van der Waals surface area (Å²) in [6, 6.07) is 7.46. The fraction of sp³-hybridized carbons (Fsp3) is 0. The van der Waals surface area contributed by atoms with Gasteiger partial charge in [-0.1, -0.05) is 6.07 Å². The third-order valence-electron chi connectivity index (χ3n) is 2.12. The number of hydrogen-bond donors (Lipinski definition) is 1. The van der Waals surface area contributed by atoms with E-state index in [2.05, 4.69) is 10.3 Å². The zero-order chi connectivity index (χ0) is 13.1. The Bertz CT molecular complexity index is 635. The van der Waals surface area contributed by atoms with Crippen LogP contribution in [0.25, 0.3) is 0 Å². The SMILES string of the molecule is N#Cc1cccc(Nc2cc(F)cc(F)c2F)n1. The average Bonchev–Trinajstić information content (AvgIpc) is 2.35. The molecule has 0 spiro atoms. The lowest BCUT2D eigenvalue weighted by atomic mass is 10.2. The highest BCUT2D eigenvalue weighted by Crippen LogP contribution is 2.22. The molecule has 0 saturated carbocycles. The maximum Gasteiger partial charge on any atom is 0.182 e. The minimum atomic E-state index is -1.30. The van der Waals surface area contributed by atoms with Gasteiger partial charge in [0.05, 0.1) is 5.69 Å². The van der Waals surface area contributed by atoms with E-state index in [0.717, 1.165) is 6.07 Å². The summed E-state index contributed by atoms with van der Waals surface area (Å²) in [4.78, 5) is 3.80. The molecule has 1 aromatic heterocycles. The number of pyridine rings is 1. The number of aromatic nitrogens is 1. The van der Waals surface area contributed by atoms with Crippen LogP contribution in [0.5, 0.6) is 0 Å². The van der Waals surface area contributed by atoms with Crippen molar-refractivity contribution in [2.45, 2.75) is 0 Å². The molecule has 6 heteroatoms. The summed E-state index contributed by atoms with van der Waals surface area (Å²) in [5, 5.41) is 11.0. The summed E-state index contributed by atoms with van der Waals surface area (Å²) in [6.07, 6.45) is 0. The quantitative estimate of drug-likeness (QED) is 0.832. The molecule has 1 aromatic carbocycles. The third-order valence-corrected chi connectivity index (χ3v) is 2.12. The van der Waals surface area contributed by atoms with E-state index in [-0.39, 0.29) is 17.2 Å². The van der Waals surface area contributed by atoms with E-state index in [1.54, 1.807) is 6.07 Å². The lowest BCUT2D eigenvalue weighted by Gasteiger charge is -2.07. The first kappa shape index (κ1) is 11.9. The van der Waals surface area contributed by atoms with Crippen LogP contribution >= 0.6 is 0 Å². The van der Waals surface area contributed by atoms with Crippen molar-refractivity contribution in [3.63, 3.8) is 0 Å². The Labute approximate surface area is 101 Å². The molecular weight excluding hydrogens is 243 g/mol. The number of nitriles is 1. The molecule has 0 aliphatic heterocycles. The maximum absolute atomic E-state index is 13.4. The van der Waals surface area contributed by atoms with Gasteiger partial charge in [-0.3, -0.25) is 0 Å². The van der Waals surface area contributed by atoms with Gasteiger partial charge in [-0.15, -0.1) is 0 Å². The second kappa shape index (κ2) is 4.75. The molecule has 90 valence electrons. The lowest BCUT2D eigenvalue weighted by molar-refractivity contribution is 0.498. The number of hydrogen-bond acceptors (Lipinski definition) is 3. The van der Waals surface area contributed by atoms with Gasteiger partial charge in [-0.25, -0.2) is 18.2 Å². The molecule has 18 heavy (non-hydrogen) atoms. The predicted octanol–water partition coefficient (Wildman–Crippen LogP) is 3.11. The molecule has 1 heterocycles. The second-order valence-electron chi connectivity index (χ2n) is 3.39. The molecule has 0 amide bonds. The Hall–Kier alpha value is -2.55. The predicted molar refractivity (Wildman–Crippen MR) is 58.6 cm³/mol. The van der Waals surface area contributed by atoms with Crippen molar-refractivity contribution < 1.29 is 13.2 Å². The van der Waals surface area contributed by atoms with Gasteiger partial charge in [0.25, 0.3) is 0 Å². The van der Waals surface area contributed by atoms with Crippen molar-refractivity contribution in [1.29, 1.82) is 5.26 Å². The minimum Gasteiger partial charge on any atom is -0.338 e. The third kappa shape index (κ3) is 2.40. The summed E-state index contributed by atoms with van der Waals surface area (Å²) >= 11 is 0. The smallest absolute Gasteiger partial charge is 0.182 e. The van der Waals surface area contributed by atoms with Gasteiger partial charge in [0.1, 0.15) is 23.4 Å². The molecule has 0 bridgehead atoms. The summed E-state index contributed by atoms with van der Waals surface area (Å²) in [5.41, 5.74) is -0.271. The molecular formula is C12H6F3N3. The van der Waals surface area contributed by atoms with Gasteiger partial charge in [-0.2, -0.15) is 5.26 Å². The molecule has 0 fully saturated rings. The van der Waals surface area contributed by atoms with E-state index in [0.29, 0.717) is 6.07 Å². The van der Waals surface area contributed by atoms with Crippen LogP contribution in [0.15, 0.2) is 30.3 Å². The topological polar surface area (TPSA) is 48.7 Å². The van der Waals surface area contributed by atoms with E-state index in [9.17, 15) is 13.2 Å². The molecule has 0 aliphatic carbocycles. The number of rotatable bonds is 2. The molecule has 2 aromatic rings. The molecule has 3 nitrogen and oxygen atoms in total. The molecule has 0 atom stereocenters. The molecule has 2 rings (SSSR count). The molecule has 0 radical (unpaired) electrons. The summed E-state index contributed by atoms with van der Waals surface area (Å²) in [7, 11) is 0. The Morgan fingerprint density at radius 1 is 1.17 bits per heavy atom. The average molecular weight is 249 g/mol. The Kier molecular flexibility index (Phi) is 3.15. The molecule has 0 unspecified atom stereocenters. The van der Waals surface area contributed by atoms with Gasteiger partial charge in [0.2, 0.25) is 0 Å².